The van der Waals surface area contributed by atoms with Crippen LogP contribution in [-0.4, -0.2) is 5.97 Å². The lowest BCUT2D eigenvalue weighted by Gasteiger charge is -2.42. The summed E-state index contributed by atoms with van der Waals surface area (Å²) in [5.74, 6) is -0.209. The van der Waals surface area contributed by atoms with Crippen LogP contribution in [0.1, 0.15) is 53.4 Å². The summed E-state index contributed by atoms with van der Waals surface area (Å²) < 4.78 is 0. The van der Waals surface area contributed by atoms with Crippen LogP contribution in [-0.2, 0) is 4.79 Å². The molecule has 1 aliphatic carbocycles. The summed E-state index contributed by atoms with van der Waals surface area (Å²) in [6.45, 7) is 8.53. The van der Waals surface area contributed by atoms with Gasteiger partial charge in [0, 0.05) is 11.4 Å². The van der Waals surface area contributed by atoms with Gasteiger partial charge >= 0.3 is 0 Å². The highest BCUT2D eigenvalue weighted by Crippen LogP contribution is 2.44. The first kappa shape index (κ1) is 11.5. The molecule has 1 aliphatic rings. The van der Waals surface area contributed by atoms with Crippen molar-refractivity contribution in [1.29, 1.82) is 0 Å². The fourth-order valence-electron chi connectivity index (χ4n) is 2.33. The second-order valence-electron chi connectivity index (χ2n) is 5.99. The SMILES string of the molecule is CC1(C(=O)[O-])CCC(C(C)(C)C)CC1. The summed E-state index contributed by atoms with van der Waals surface area (Å²) >= 11 is 0. The normalized spacial score (nSPS) is 34.1. The Kier molecular flexibility index (Phi) is 2.93. The molecule has 0 spiro atoms. The van der Waals surface area contributed by atoms with Gasteiger partial charge in [0.2, 0.25) is 0 Å². The molecule has 0 N–H and O–H groups in total. The van der Waals surface area contributed by atoms with E-state index < -0.39 is 11.4 Å². The number of hydrogen-bond donors (Lipinski definition) is 0. The highest BCUT2D eigenvalue weighted by atomic mass is 16.4. The van der Waals surface area contributed by atoms with E-state index in [0.717, 1.165) is 25.7 Å². The van der Waals surface area contributed by atoms with Crippen molar-refractivity contribution in [3.05, 3.63) is 0 Å². The van der Waals surface area contributed by atoms with Crippen LogP contribution in [0.4, 0.5) is 0 Å². The molecule has 0 aliphatic heterocycles. The number of hydrogen-bond acceptors (Lipinski definition) is 2. The molecule has 1 saturated carbocycles. The number of carbonyl (C=O) groups is 1. The van der Waals surface area contributed by atoms with Gasteiger partial charge in [-0.15, -0.1) is 0 Å². The van der Waals surface area contributed by atoms with E-state index in [9.17, 15) is 9.90 Å². The zero-order chi connectivity index (χ0) is 11.0. The zero-order valence-electron chi connectivity index (χ0n) is 9.72. The molecule has 0 saturated heterocycles. The Morgan fingerprint density at radius 1 is 1.29 bits per heavy atom. The van der Waals surface area contributed by atoms with Gasteiger partial charge in [-0.2, -0.15) is 0 Å². The molecule has 0 aromatic heterocycles. The Morgan fingerprint density at radius 2 is 1.71 bits per heavy atom. The van der Waals surface area contributed by atoms with Crippen LogP contribution < -0.4 is 5.11 Å². The van der Waals surface area contributed by atoms with E-state index in [2.05, 4.69) is 20.8 Å². The van der Waals surface area contributed by atoms with E-state index in [1.54, 1.807) is 0 Å². The number of aliphatic carboxylic acids is 1. The summed E-state index contributed by atoms with van der Waals surface area (Å²) in [6.07, 6.45) is 3.59. The maximum Gasteiger partial charge on any atom is 0.0473 e. The molecule has 14 heavy (non-hydrogen) atoms. The quantitative estimate of drug-likeness (QED) is 0.645. The largest absolute Gasteiger partial charge is 0.550 e. The van der Waals surface area contributed by atoms with Crippen molar-refractivity contribution in [1.82, 2.24) is 0 Å². The molecule has 1 rings (SSSR count). The molecular weight excluding hydrogens is 176 g/mol. The fourth-order valence-corrected chi connectivity index (χ4v) is 2.33. The van der Waals surface area contributed by atoms with Gasteiger partial charge < -0.3 is 9.90 Å². The highest BCUT2D eigenvalue weighted by molar-refractivity contribution is 5.71. The molecule has 0 amide bonds. The second kappa shape index (κ2) is 3.56. The van der Waals surface area contributed by atoms with Crippen LogP contribution in [0.2, 0.25) is 0 Å². The molecule has 0 atom stereocenters. The molecule has 0 unspecified atom stereocenters. The third-order valence-electron chi connectivity index (χ3n) is 3.81. The van der Waals surface area contributed by atoms with Crippen LogP contribution in [0.3, 0.4) is 0 Å². The predicted octanol–water partition coefficient (Wildman–Crippen LogP) is 1.98. The van der Waals surface area contributed by atoms with E-state index >= 15 is 0 Å². The summed E-state index contributed by atoms with van der Waals surface area (Å²) in [6, 6.07) is 0. The summed E-state index contributed by atoms with van der Waals surface area (Å²) in [7, 11) is 0. The van der Waals surface area contributed by atoms with Gasteiger partial charge in [-0.05, 0) is 37.0 Å². The van der Waals surface area contributed by atoms with Gasteiger partial charge in [-0.1, -0.05) is 27.7 Å². The summed E-state index contributed by atoms with van der Waals surface area (Å²) in [5.41, 5.74) is -0.255. The van der Waals surface area contributed by atoms with Crippen LogP contribution in [0, 0.1) is 16.7 Å². The average molecular weight is 197 g/mol. The van der Waals surface area contributed by atoms with Crippen molar-refractivity contribution < 1.29 is 9.90 Å². The van der Waals surface area contributed by atoms with Gasteiger partial charge in [-0.25, -0.2) is 0 Å². The molecule has 2 heteroatoms. The monoisotopic (exact) mass is 197 g/mol. The minimum Gasteiger partial charge on any atom is -0.550 e. The first-order valence-corrected chi connectivity index (χ1v) is 5.47. The molecule has 0 aromatic rings. The molecule has 2 nitrogen and oxygen atoms in total. The van der Waals surface area contributed by atoms with E-state index in [1.165, 1.54) is 0 Å². The molecule has 82 valence electrons. The van der Waals surface area contributed by atoms with E-state index in [0.29, 0.717) is 11.3 Å². The Hall–Kier alpha value is -0.530. The fraction of sp³-hybridized carbons (Fsp3) is 0.917. The highest BCUT2D eigenvalue weighted by Gasteiger charge is 2.36. The van der Waals surface area contributed by atoms with E-state index in [1.807, 2.05) is 6.92 Å². The van der Waals surface area contributed by atoms with Crippen molar-refractivity contribution in [2.24, 2.45) is 16.7 Å². The number of carboxylic acid groups (broad SMARTS) is 1. The third-order valence-corrected chi connectivity index (χ3v) is 3.81. The van der Waals surface area contributed by atoms with Gasteiger partial charge in [0.1, 0.15) is 0 Å². The second-order valence-corrected chi connectivity index (χ2v) is 5.99. The number of carbonyl (C=O) groups excluding carboxylic acids is 1. The molecule has 0 aromatic carbocycles. The smallest absolute Gasteiger partial charge is 0.0473 e. The van der Waals surface area contributed by atoms with Crippen molar-refractivity contribution in [2.45, 2.75) is 53.4 Å². The summed E-state index contributed by atoms with van der Waals surface area (Å²) in [5, 5.41) is 10.9. The number of carboxylic acids is 1. The minimum atomic E-state index is -0.871. The zero-order valence-corrected chi connectivity index (χ0v) is 9.72. The maximum atomic E-state index is 10.9. The molecule has 1 fully saturated rings. The van der Waals surface area contributed by atoms with Gasteiger partial charge in [-0.3, -0.25) is 0 Å². The lowest BCUT2D eigenvalue weighted by Crippen LogP contribution is -2.43. The van der Waals surface area contributed by atoms with Gasteiger partial charge in [0.05, 0.1) is 0 Å². The molecule has 0 bridgehead atoms. The van der Waals surface area contributed by atoms with E-state index in [4.69, 9.17) is 0 Å². The third kappa shape index (κ3) is 2.28. The van der Waals surface area contributed by atoms with Crippen molar-refractivity contribution in [3.8, 4) is 0 Å². The lowest BCUT2D eigenvalue weighted by molar-refractivity contribution is -0.320. The van der Waals surface area contributed by atoms with E-state index in [-0.39, 0.29) is 0 Å². The Labute approximate surface area is 86.7 Å². The van der Waals surface area contributed by atoms with Crippen molar-refractivity contribution in [2.75, 3.05) is 0 Å². The minimum absolute atomic E-state index is 0.313. The first-order chi connectivity index (χ1) is 6.26. The molecular formula is C12H21O2-. The van der Waals surface area contributed by atoms with Crippen LogP contribution in [0.5, 0.6) is 0 Å². The predicted molar refractivity (Wildman–Crippen MR) is 54.5 cm³/mol. The van der Waals surface area contributed by atoms with Crippen molar-refractivity contribution in [3.63, 3.8) is 0 Å². The first-order valence-electron chi connectivity index (χ1n) is 5.47. The lowest BCUT2D eigenvalue weighted by atomic mass is 9.65. The Bertz CT molecular complexity index is 217. The van der Waals surface area contributed by atoms with Crippen molar-refractivity contribution >= 4 is 5.97 Å². The Balaban J connectivity index is 2.59. The van der Waals surface area contributed by atoms with Gasteiger partial charge in [0.15, 0.2) is 0 Å². The van der Waals surface area contributed by atoms with Gasteiger partial charge in [0.25, 0.3) is 0 Å². The Morgan fingerprint density at radius 3 is 2.00 bits per heavy atom. The molecule has 0 heterocycles. The van der Waals surface area contributed by atoms with Crippen LogP contribution in [0.25, 0.3) is 0 Å². The molecule has 0 radical (unpaired) electrons. The number of rotatable bonds is 1. The van der Waals surface area contributed by atoms with Crippen LogP contribution in [0.15, 0.2) is 0 Å². The topological polar surface area (TPSA) is 40.1 Å². The summed E-state index contributed by atoms with van der Waals surface area (Å²) in [4.78, 5) is 10.9. The average Bonchev–Trinajstić information content (AvgIpc) is 2.03. The van der Waals surface area contributed by atoms with Crippen LogP contribution >= 0.6 is 0 Å². The standard InChI is InChI=1S/C12H22O2/c1-11(2,3)9-5-7-12(4,8-6-9)10(13)14/h9H,5-8H2,1-4H3,(H,13,14)/p-1. The maximum absolute atomic E-state index is 10.9.